The summed E-state index contributed by atoms with van der Waals surface area (Å²) in [5, 5.41) is 4.49. The van der Waals surface area contributed by atoms with E-state index in [0.717, 1.165) is 66.0 Å². The maximum Gasteiger partial charge on any atom is 0.238 e. The van der Waals surface area contributed by atoms with Crippen LogP contribution in [0.4, 0.5) is 0 Å². The molecule has 0 aliphatic heterocycles. The molecule has 0 fully saturated rings. The lowest BCUT2D eigenvalue weighted by molar-refractivity contribution is 0.669. The number of furan rings is 1. The first-order chi connectivity index (χ1) is 26.9. The van der Waals surface area contributed by atoms with Gasteiger partial charge in [-0.05, 0) is 52.6 Å². The zero-order valence-corrected chi connectivity index (χ0v) is 31.5. The summed E-state index contributed by atoms with van der Waals surface area (Å²) in [5.41, 5.74) is 16.9. The van der Waals surface area contributed by atoms with E-state index in [2.05, 4.69) is 177 Å². The molecular weight excluding hydrogens is 667 g/mol. The zero-order valence-electron chi connectivity index (χ0n) is 31.5. The molecule has 7 aromatic carbocycles. The van der Waals surface area contributed by atoms with Crippen molar-refractivity contribution in [2.24, 2.45) is 0 Å². The fraction of sp³-hybridized carbons (Fsp3) is 0. The molecule has 0 atom stereocenters. The van der Waals surface area contributed by atoms with Crippen LogP contribution in [0.5, 0.6) is 0 Å². The largest absolute Gasteiger partial charge is 0.456 e. The molecule has 10 heteroatoms. The highest BCUT2D eigenvalue weighted by molar-refractivity contribution is 6.69. The summed E-state index contributed by atoms with van der Waals surface area (Å²) in [6.07, 6.45) is 0. The lowest BCUT2D eigenvalue weighted by Crippen LogP contribution is -2.55. The maximum atomic E-state index is 6.65. The molecule has 10 rings (SSSR count). The van der Waals surface area contributed by atoms with Crippen molar-refractivity contribution in [3.05, 3.63) is 140 Å². The fourth-order valence-electron chi connectivity index (χ4n) is 8.38. The van der Waals surface area contributed by atoms with Gasteiger partial charge in [0, 0.05) is 32.7 Å². The summed E-state index contributed by atoms with van der Waals surface area (Å²) in [4.78, 5) is 15.5. The number of hydrogen-bond donors (Lipinski definition) is 0. The van der Waals surface area contributed by atoms with Crippen LogP contribution in [0.2, 0.25) is 0 Å². The molecule has 0 bridgehead atoms. The average molecular weight is 700 g/mol. The molecule has 0 unspecified atom stereocenters. The number of hydrogen-bond acceptors (Lipinski definition) is 4. The topological polar surface area (TPSA) is 56.7 Å². The van der Waals surface area contributed by atoms with E-state index in [1.807, 2.05) is 6.07 Å². The predicted molar refractivity (Wildman–Crippen MR) is 244 cm³/mol. The molecule has 0 radical (unpaired) electrons. The van der Waals surface area contributed by atoms with Gasteiger partial charge in [0.1, 0.15) is 50.4 Å². The number of rotatable bonds is 5. The van der Waals surface area contributed by atoms with Crippen LogP contribution in [0.3, 0.4) is 0 Å². The third-order valence-corrected chi connectivity index (χ3v) is 11.7. The van der Waals surface area contributed by atoms with Crippen molar-refractivity contribution in [2.75, 3.05) is 0 Å². The quantitative estimate of drug-likeness (QED) is 0.260. The van der Waals surface area contributed by atoms with Gasteiger partial charge in [0.15, 0.2) is 11.6 Å². The number of benzene rings is 7. The summed E-state index contributed by atoms with van der Waals surface area (Å²) in [6.45, 7) is 0. The van der Waals surface area contributed by atoms with Gasteiger partial charge >= 0.3 is 0 Å². The van der Waals surface area contributed by atoms with Crippen molar-refractivity contribution in [1.82, 2.24) is 19.5 Å². The Kier molecular flexibility index (Phi) is 7.70. The van der Waals surface area contributed by atoms with Gasteiger partial charge in [-0.25, -0.2) is 4.98 Å². The molecule has 55 heavy (non-hydrogen) atoms. The van der Waals surface area contributed by atoms with E-state index < -0.39 is 0 Å². The Morgan fingerprint density at radius 1 is 0.418 bits per heavy atom. The lowest BCUT2D eigenvalue weighted by atomic mass is 9.59. The minimum absolute atomic E-state index is 0.563. The second kappa shape index (κ2) is 12.8. The predicted octanol–water partition coefficient (Wildman–Crippen LogP) is 2.83. The van der Waals surface area contributed by atoms with Crippen molar-refractivity contribution in [1.29, 1.82) is 0 Å². The minimum atomic E-state index is 0.563. The molecule has 0 aliphatic carbocycles. The van der Waals surface area contributed by atoms with Gasteiger partial charge in [-0.3, -0.25) is 4.57 Å². The molecule has 0 N–H and O–H groups in total. The number of nitrogens with zero attached hydrogens (tertiary/aromatic N) is 4. The van der Waals surface area contributed by atoms with E-state index in [1.54, 1.807) is 0 Å². The Balaban J connectivity index is 1.18. The van der Waals surface area contributed by atoms with E-state index in [1.165, 1.54) is 38.4 Å². The highest BCUT2D eigenvalue weighted by Crippen LogP contribution is 2.38. The molecule has 3 aromatic heterocycles. The Hall–Kier alpha value is -6.53. The van der Waals surface area contributed by atoms with Crippen molar-refractivity contribution < 1.29 is 4.42 Å². The third-order valence-electron chi connectivity index (χ3n) is 11.7. The van der Waals surface area contributed by atoms with E-state index in [-0.39, 0.29) is 0 Å². The smallest absolute Gasteiger partial charge is 0.238 e. The van der Waals surface area contributed by atoms with Crippen LogP contribution in [-0.2, 0) is 0 Å². The first-order valence-electron chi connectivity index (χ1n) is 18.8. The molecule has 10 aromatic rings. The second-order valence-corrected chi connectivity index (χ2v) is 14.6. The second-order valence-electron chi connectivity index (χ2n) is 14.6. The van der Waals surface area contributed by atoms with Gasteiger partial charge in [-0.2, -0.15) is 9.97 Å². The normalized spacial score (nSPS) is 11.6. The van der Waals surface area contributed by atoms with Crippen molar-refractivity contribution in [3.63, 3.8) is 0 Å². The van der Waals surface area contributed by atoms with Crippen LogP contribution >= 0.6 is 0 Å². The van der Waals surface area contributed by atoms with E-state index >= 15 is 0 Å². The highest BCUT2D eigenvalue weighted by Gasteiger charge is 2.21. The van der Waals surface area contributed by atoms with E-state index in [0.29, 0.717) is 17.6 Å². The number of aromatic nitrogens is 4. The average Bonchev–Trinajstić information content (AvgIpc) is 3.78. The van der Waals surface area contributed by atoms with Crippen LogP contribution in [0.25, 0.3) is 94.7 Å². The summed E-state index contributed by atoms with van der Waals surface area (Å²) >= 11 is 0. The van der Waals surface area contributed by atoms with Crippen LogP contribution in [0, 0.1) is 0 Å². The Bertz CT molecular complexity index is 3070. The van der Waals surface area contributed by atoms with Crippen molar-refractivity contribution in [2.45, 2.75) is 0 Å². The maximum absolute atomic E-state index is 6.65. The van der Waals surface area contributed by atoms with Gasteiger partial charge in [-0.1, -0.05) is 120 Å². The SMILES string of the molecule is Bc1c(B)c(B)c(-c2cccc3oc4cc(-c5nc(-c6ccc(-c7ccccc7)cc6)nc(-n6c7ccccc7c7ccccc76)n5)ccc4c23)c(B)c1B. The summed E-state index contributed by atoms with van der Waals surface area (Å²) in [5.74, 6) is 1.74. The third kappa shape index (κ3) is 5.27. The summed E-state index contributed by atoms with van der Waals surface area (Å²) in [7, 11) is 11.2. The van der Waals surface area contributed by atoms with Crippen molar-refractivity contribution in [3.8, 4) is 51.0 Å². The molecule has 0 saturated carbocycles. The summed E-state index contributed by atoms with van der Waals surface area (Å²) < 4.78 is 8.80. The van der Waals surface area contributed by atoms with E-state index in [9.17, 15) is 0 Å². The standard InChI is InChI=1S/C45H33B5N4O/c46-38-37(39(47)41(49)42(50)40(38)48)31-13-8-16-34-36(31)30-22-21-27(23-35(30)55-34)44-51-43(26-19-17-25(18-20-26)24-9-2-1-3-10-24)52-45(53-44)54-32-14-6-4-11-28(32)29-12-5-7-15-33(29)54/h1-23H,46-50H2. The minimum Gasteiger partial charge on any atom is -0.456 e. The van der Waals surface area contributed by atoms with Gasteiger partial charge in [0.25, 0.3) is 0 Å². The Labute approximate surface area is 323 Å². The van der Waals surface area contributed by atoms with Crippen LogP contribution < -0.4 is 27.3 Å². The molecule has 0 amide bonds. The van der Waals surface area contributed by atoms with Gasteiger partial charge in [0.05, 0.1) is 11.0 Å². The van der Waals surface area contributed by atoms with Crippen LogP contribution in [-0.4, -0.2) is 58.8 Å². The molecular formula is C45H33B5N4O. The molecule has 0 spiro atoms. The molecule has 3 heterocycles. The Morgan fingerprint density at radius 2 is 0.964 bits per heavy atom. The lowest BCUT2D eigenvalue weighted by Gasteiger charge is -2.21. The van der Waals surface area contributed by atoms with Gasteiger partial charge in [0.2, 0.25) is 5.95 Å². The number of para-hydroxylation sites is 2. The Morgan fingerprint density at radius 3 is 1.64 bits per heavy atom. The molecule has 5 nitrogen and oxygen atoms in total. The number of fused-ring (bicyclic) bond motifs is 6. The zero-order chi connectivity index (χ0) is 37.4. The van der Waals surface area contributed by atoms with E-state index in [4.69, 9.17) is 19.4 Å². The fourth-order valence-corrected chi connectivity index (χ4v) is 8.38. The molecule has 0 aliphatic rings. The van der Waals surface area contributed by atoms with Crippen molar-refractivity contribution >= 4 is 110 Å². The molecule has 0 saturated heterocycles. The summed E-state index contributed by atoms with van der Waals surface area (Å²) in [6, 6.07) is 48.5. The first kappa shape index (κ1) is 33.1. The highest BCUT2D eigenvalue weighted by atomic mass is 16.3. The molecule has 254 valence electrons. The van der Waals surface area contributed by atoms with Crippen LogP contribution in [0.15, 0.2) is 144 Å². The van der Waals surface area contributed by atoms with Gasteiger partial charge < -0.3 is 4.42 Å². The monoisotopic (exact) mass is 700 g/mol. The van der Waals surface area contributed by atoms with Crippen LogP contribution in [0.1, 0.15) is 0 Å². The first-order valence-corrected chi connectivity index (χ1v) is 18.8. The van der Waals surface area contributed by atoms with Gasteiger partial charge in [-0.15, -0.1) is 16.4 Å².